The Bertz CT molecular complexity index is 1190. The fraction of sp³-hybridized carbons (Fsp3) is 0.136. The van der Waals surface area contributed by atoms with Crippen LogP contribution in [0.2, 0.25) is 0 Å². The molecule has 0 spiro atoms. The predicted molar refractivity (Wildman–Crippen MR) is 113 cm³/mol. The highest BCUT2D eigenvalue weighted by atomic mass is 16.1. The molecule has 6 heteroatoms. The van der Waals surface area contributed by atoms with Gasteiger partial charge in [-0.2, -0.15) is 0 Å². The van der Waals surface area contributed by atoms with Crippen molar-refractivity contribution in [3.63, 3.8) is 0 Å². The average molecular weight is 371 g/mol. The first-order valence-corrected chi connectivity index (χ1v) is 9.19. The highest BCUT2D eigenvalue weighted by Crippen LogP contribution is 2.31. The fourth-order valence-corrected chi connectivity index (χ4v) is 3.28. The first-order valence-electron chi connectivity index (χ1n) is 9.19. The van der Waals surface area contributed by atoms with Crippen LogP contribution in [-0.2, 0) is 6.42 Å². The first kappa shape index (κ1) is 17.7. The number of fused-ring (bicyclic) bond motifs is 2. The number of amides is 1. The molecular formula is C22H21N5O. The van der Waals surface area contributed by atoms with Crippen molar-refractivity contribution >= 4 is 33.9 Å². The van der Waals surface area contributed by atoms with Crippen LogP contribution in [-0.4, -0.2) is 27.0 Å². The number of benzene rings is 2. The summed E-state index contributed by atoms with van der Waals surface area (Å²) in [6, 6.07) is 15.6. The van der Waals surface area contributed by atoms with Crippen LogP contribution in [0.5, 0.6) is 0 Å². The maximum absolute atomic E-state index is 12.8. The number of hydrogen-bond donors (Lipinski definition) is 2. The summed E-state index contributed by atoms with van der Waals surface area (Å²) in [6.07, 6.45) is 2.57. The third-order valence-corrected chi connectivity index (χ3v) is 4.73. The molecule has 0 fully saturated rings. The Morgan fingerprint density at radius 2 is 1.82 bits per heavy atom. The van der Waals surface area contributed by atoms with E-state index < -0.39 is 0 Å². The predicted octanol–water partition coefficient (Wildman–Crippen LogP) is 3.63. The van der Waals surface area contributed by atoms with Gasteiger partial charge in [-0.25, -0.2) is 9.97 Å². The zero-order valence-corrected chi connectivity index (χ0v) is 15.6. The van der Waals surface area contributed by atoms with Crippen molar-refractivity contribution in [1.29, 1.82) is 0 Å². The molecule has 0 atom stereocenters. The van der Waals surface area contributed by atoms with Gasteiger partial charge in [0.15, 0.2) is 5.65 Å². The van der Waals surface area contributed by atoms with Crippen molar-refractivity contribution in [2.24, 2.45) is 0 Å². The minimum atomic E-state index is -0.295. The average Bonchev–Trinajstić information content (AvgIpc) is 3.01. The maximum Gasteiger partial charge on any atom is 0.257 e. The lowest BCUT2D eigenvalue weighted by Gasteiger charge is -2.09. The normalized spacial score (nSPS) is 11.0. The standard InChI is InChI=1S/C22H21N5O/c1-3-13-24-22(28)18-19-21(26-17-8-6-5-7-16(17)25-19)27(20(18)23)15-11-9-14(4-2)10-12-15/h3,5-12H,1,4,13,23H2,2H3,(H,24,28). The molecule has 3 N–H and O–H groups in total. The summed E-state index contributed by atoms with van der Waals surface area (Å²) in [6.45, 7) is 6.09. The van der Waals surface area contributed by atoms with Gasteiger partial charge in [-0.3, -0.25) is 9.36 Å². The largest absolute Gasteiger partial charge is 0.384 e. The second-order valence-corrected chi connectivity index (χ2v) is 6.50. The van der Waals surface area contributed by atoms with Crippen LogP contribution in [0.15, 0.2) is 61.2 Å². The van der Waals surface area contributed by atoms with Gasteiger partial charge in [-0.05, 0) is 36.2 Å². The van der Waals surface area contributed by atoms with E-state index in [2.05, 4.69) is 18.8 Å². The number of carbonyl (C=O) groups excluding carboxylic acids is 1. The molecule has 1 amide bonds. The maximum atomic E-state index is 12.8. The van der Waals surface area contributed by atoms with E-state index in [1.807, 2.05) is 48.5 Å². The first-order chi connectivity index (χ1) is 13.6. The van der Waals surface area contributed by atoms with E-state index in [0.717, 1.165) is 17.6 Å². The Balaban J connectivity index is 2.01. The van der Waals surface area contributed by atoms with Gasteiger partial charge in [-0.15, -0.1) is 6.58 Å². The summed E-state index contributed by atoms with van der Waals surface area (Å²) in [4.78, 5) is 22.3. The number of nitrogens with zero attached hydrogens (tertiary/aromatic N) is 3. The number of aromatic nitrogens is 3. The number of hydrogen-bond acceptors (Lipinski definition) is 4. The summed E-state index contributed by atoms with van der Waals surface area (Å²) < 4.78 is 1.79. The number of anilines is 1. The Labute approximate surface area is 162 Å². The topological polar surface area (TPSA) is 85.8 Å². The Morgan fingerprint density at radius 3 is 2.46 bits per heavy atom. The lowest BCUT2D eigenvalue weighted by molar-refractivity contribution is 0.0960. The van der Waals surface area contributed by atoms with Gasteiger partial charge in [0.05, 0.1) is 11.0 Å². The van der Waals surface area contributed by atoms with Crippen LogP contribution in [0, 0.1) is 0 Å². The van der Waals surface area contributed by atoms with Crippen LogP contribution >= 0.6 is 0 Å². The second kappa shape index (κ2) is 7.15. The number of para-hydroxylation sites is 2. The molecule has 0 radical (unpaired) electrons. The number of carbonyl (C=O) groups is 1. The molecule has 2 aromatic carbocycles. The number of nitrogens with one attached hydrogen (secondary N) is 1. The van der Waals surface area contributed by atoms with Crippen molar-refractivity contribution in [1.82, 2.24) is 19.9 Å². The summed E-state index contributed by atoms with van der Waals surface area (Å²) in [5, 5.41) is 2.79. The van der Waals surface area contributed by atoms with E-state index in [1.165, 1.54) is 5.56 Å². The van der Waals surface area contributed by atoms with Gasteiger partial charge in [0.1, 0.15) is 16.9 Å². The summed E-state index contributed by atoms with van der Waals surface area (Å²) >= 11 is 0. The molecule has 0 aliphatic heterocycles. The Kier molecular flexibility index (Phi) is 4.53. The smallest absolute Gasteiger partial charge is 0.257 e. The van der Waals surface area contributed by atoms with E-state index in [1.54, 1.807) is 10.6 Å². The van der Waals surface area contributed by atoms with E-state index >= 15 is 0 Å². The lowest BCUT2D eigenvalue weighted by Crippen LogP contribution is -2.24. The molecule has 0 saturated carbocycles. The van der Waals surface area contributed by atoms with Gasteiger partial charge in [0, 0.05) is 12.2 Å². The number of nitrogens with two attached hydrogens (primary N) is 1. The number of rotatable bonds is 5. The molecule has 0 saturated heterocycles. The van der Waals surface area contributed by atoms with Crippen molar-refractivity contribution in [3.05, 3.63) is 72.3 Å². The van der Waals surface area contributed by atoms with Gasteiger partial charge in [0.25, 0.3) is 5.91 Å². The molecule has 2 heterocycles. The molecule has 6 nitrogen and oxygen atoms in total. The van der Waals surface area contributed by atoms with E-state index in [-0.39, 0.29) is 5.91 Å². The summed E-state index contributed by atoms with van der Waals surface area (Å²) in [5.41, 5.74) is 11.3. The third kappa shape index (κ3) is 2.89. The molecule has 0 aliphatic carbocycles. The van der Waals surface area contributed by atoms with E-state index in [4.69, 9.17) is 15.7 Å². The van der Waals surface area contributed by atoms with Crippen LogP contribution in [0.4, 0.5) is 5.82 Å². The fourth-order valence-electron chi connectivity index (χ4n) is 3.28. The molecule has 28 heavy (non-hydrogen) atoms. The number of nitrogen functional groups attached to an aromatic ring is 1. The van der Waals surface area contributed by atoms with E-state index in [9.17, 15) is 4.79 Å². The van der Waals surface area contributed by atoms with Gasteiger partial charge < -0.3 is 11.1 Å². The van der Waals surface area contributed by atoms with Gasteiger partial charge in [-0.1, -0.05) is 37.3 Å². The third-order valence-electron chi connectivity index (χ3n) is 4.73. The van der Waals surface area contributed by atoms with Crippen molar-refractivity contribution in [3.8, 4) is 5.69 Å². The second-order valence-electron chi connectivity index (χ2n) is 6.50. The SMILES string of the molecule is C=CCNC(=O)c1c(N)n(-c2ccc(CC)cc2)c2nc3ccccc3nc12. The zero-order valence-electron chi connectivity index (χ0n) is 15.6. The zero-order chi connectivity index (χ0) is 19.7. The molecule has 4 rings (SSSR count). The number of aryl methyl sites for hydroxylation is 1. The molecule has 0 unspecified atom stereocenters. The molecule has 140 valence electrons. The minimum Gasteiger partial charge on any atom is -0.384 e. The van der Waals surface area contributed by atoms with Gasteiger partial charge >= 0.3 is 0 Å². The summed E-state index contributed by atoms with van der Waals surface area (Å²) in [5.74, 6) is 0.0204. The monoisotopic (exact) mass is 371 g/mol. The minimum absolute atomic E-state index is 0.295. The van der Waals surface area contributed by atoms with Crippen LogP contribution in [0.3, 0.4) is 0 Å². The summed E-state index contributed by atoms with van der Waals surface area (Å²) in [7, 11) is 0. The van der Waals surface area contributed by atoms with Gasteiger partial charge in [0.2, 0.25) is 0 Å². The van der Waals surface area contributed by atoms with Crippen molar-refractivity contribution in [2.45, 2.75) is 13.3 Å². The van der Waals surface area contributed by atoms with Crippen LogP contribution < -0.4 is 11.1 Å². The van der Waals surface area contributed by atoms with Crippen molar-refractivity contribution < 1.29 is 4.79 Å². The highest BCUT2D eigenvalue weighted by molar-refractivity contribution is 6.11. The molecule has 2 aromatic heterocycles. The Morgan fingerprint density at radius 1 is 1.14 bits per heavy atom. The van der Waals surface area contributed by atoms with Crippen molar-refractivity contribution in [2.75, 3.05) is 12.3 Å². The molecular weight excluding hydrogens is 350 g/mol. The highest BCUT2D eigenvalue weighted by Gasteiger charge is 2.24. The quantitative estimate of drug-likeness (QED) is 0.525. The Hall–Kier alpha value is -3.67. The van der Waals surface area contributed by atoms with Crippen LogP contribution in [0.1, 0.15) is 22.8 Å². The van der Waals surface area contributed by atoms with Crippen LogP contribution in [0.25, 0.3) is 27.9 Å². The van der Waals surface area contributed by atoms with E-state index in [0.29, 0.717) is 34.6 Å². The molecule has 0 bridgehead atoms. The molecule has 4 aromatic rings. The molecule has 0 aliphatic rings. The lowest BCUT2D eigenvalue weighted by atomic mass is 10.1.